The van der Waals surface area contributed by atoms with Crippen molar-refractivity contribution in [2.75, 3.05) is 5.32 Å². The zero-order valence-corrected chi connectivity index (χ0v) is 21.8. The number of rotatable bonds is 8. The number of carbonyl (C=O) groups is 3. The molecular weight excluding hydrogens is 537 g/mol. The summed E-state index contributed by atoms with van der Waals surface area (Å²) in [4.78, 5) is 37.2. The van der Waals surface area contributed by atoms with Crippen molar-refractivity contribution in [3.05, 3.63) is 135 Å². The van der Waals surface area contributed by atoms with Crippen LogP contribution in [0.1, 0.15) is 31.8 Å². The van der Waals surface area contributed by atoms with Crippen molar-refractivity contribution in [1.82, 2.24) is 5.43 Å². The Labute approximate surface area is 234 Å². The molecule has 7 nitrogen and oxygen atoms in total. The SMILES string of the molecule is O=C(/C=C/c1ccccc1)Oc1ccc(Cl)cc1/C=N/NC(=O)c1ccc(NC(=O)c2ccc(Cl)cc2)cc1. The van der Waals surface area contributed by atoms with Crippen molar-refractivity contribution < 1.29 is 19.1 Å². The number of anilines is 1. The molecule has 2 N–H and O–H groups in total. The number of nitrogens with one attached hydrogen (secondary N) is 2. The molecular formula is C30H21Cl2N3O4. The van der Waals surface area contributed by atoms with Crippen molar-refractivity contribution in [3.63, 3.8) is 0 Å². The Morgan fingerprint density at radius 3 is 2.10 bits per heavy atom. The van der Waals surface area contributed by atoms with Gasteiger partial charge >= 0.3 is 5.97 Å². The van der Waals surface area contributed by atoms with Crippen molar-refractivity contribution >= 4 is 59.0 Å². The number of ether oxygens (including phenoxy) is 1. The topological polar surface area (TPSA) is 96.9 Å². The Morgan fingerprint density at radius 2 is 1.38 bits per heavy atom. The number of amides is 2. The lowest BCUT2D eigenvalue weighted by molar-refractivity contribution is -0.128. The zero-order valence-electron chi connectivity index (χ0n) is 20.3. The van der Waals surface area contributed by atoms with Gasteiger partial charge in [0.25, 0.3) is 11.8 Å². The van der Waals surface area contributed by atoms with E-state index in [2.05, 4.69) is 15.8 Å². The lowest BCUT2D eigenvalue weighted by Crippen LogP contribution is -2.18. The summed E-state index contributed by atoms with van der Waals surface area (Å²) in [6, 6.07) is 26.8. The quantitative estimate of drug-likeness (QED) is 0.0835. The van der Waals surface area contributed by atoms with E-state index in [0.717, 1.165) is 5.56 Å². The Hall–Kier alpha value is -4.72. The van der Waals surface area contributed by atoms with Crippen LogP contribution >= 0.6 is 23.2 Å². The highest BCUT2D eigenvalue weighted by Crippen LogP contribution is 2.22. The van der Waals surface area contributed by atoms with E-state index in [9.17, 15) is 14.4 Å². The number of halogens is 2. The van der Waals surface area contributed by atoms with Gasteiger partial charge in [-0.2, -0.15) is 5.10 Å². The molecule has 4 aromatic rings. The molecule has 0 heterocycles. The first-order valence-electron chi connectivity index (χ1n) is 11.6. The molecule has 0 atom stereocenters. The van der Waals surface area contributed by atoms with E-state index in [1.54, 1.807) is 66.7 Å². The summed E-state index contributed by atoms with van der Waals surface area (Å²) in [5.74, 6) is -1.14. The summed E-state index contributed by atoms with van der Waals surface area (Å²) < 4.78 is 5.42. The van der Waals surface area contributed by atoms with Gasteiger partial charge in [-0.1, -0.05) is 53.5 Å². The molecule has 0 fully saturated rings. The maximum atomic E-state index is 12.5. The summed E-state index contributed by atoms with van der Waals surface area (Å²) in [6.07, 6.45) is 4.28. The molecule has 39 heavy (non-hydrogen) atoms. The predicted molar refractivity (Wildman–Crippen MR) is 153 cm³/mol. The van der Waals surface area contributed by atoms with Crippen LogP contribution in [0.25, 0.3) is 6.08 Å². The van der Waals surface area contributed by atoms with Crippen LogP contribution in [0.15, 0.2) is 108 Å². The highest BCUT2D eigenvalue weighted by atomic mass is 35.5. The smallest absolute Gasteiger partial charge is 0.336 e. The predicted octanol–water partition coefficient (Wildman–Crippen LogP) is 6.63. The van der Waals surface area contributed by atoms with Crippen LogP contribution in [0.5, 0.6) is 5.75 Å². The number of esters is 1. The monoisotopic (exact) mass is 557 g/mol. The third-order valence-corrected chi connectivity index (χ3v) is 5.76. The van der Waals surface area contributed by atoms with Crippen LogP contribution in [0, 0.1) is 0 Å². The fraction of sp³-hybridized carbons (Fsp3) is 0. The average Bonchev–Trinajstić information content (AvgIpc) is 2.94. The van der Waals surface area contributed by atoms with E-state index in [0.29, 0.717) is 32.4 Å². The van der Waals surface area contributed by atoms with Gasteiger partial charge in [0.05, 0.1) is 6.21 Å². The molecule has 194 valence electrons. The molecule has 0 aromatic heterocycles. The first kappa shape index (κ1) is 27.3. The second kappa shape index (κ2) is 13.2. The van der Waals surface area contributed by atoms with Crippen LogP contribution in [0.3, 0.4) is 0 Å². The van der Waals surface area contributed by atoms with E-state index in [4.69, 9.17) is 27.9 Å². The molecule has 0 saturated carbocycles. The fourth-order valence-electron chi connectivity index (χ4n) is 3.32. The van der Waals surface area contributed by atoms with Crippen LogP contribution in [-0.2, 0) is 4.79 Å². The van der Waals surface area contributed by atoms with Gasteiger partial charge < -0.3 is 10.1 Å². The average molecular weight is 558 g/mol. The molecule has 0 spiro atoms. The Morgan fingerprint density at radius 1 is 0.744 bits per heavy atom. The largest absolute Gasteiger partial charge is 0.423 e. The van der Waals surface area contributed by atoms with Crippen LogP contribution in [0.2, 0.25) is 10.0 Å². The summed E-state index contributed by atoms with van der Waals surface area (Å²) in [5, 5.41) is 7.65. The molecule has 0 unspecified atom stereocenters. The van der Waals surface area contributed by atoms with Crippen LogP contribution in [-0.4, -0.2) is 24.0 Å². The summed E-state index contributed by atoms with van der Waals surface area (Å²) >= 11 is 11.9. The number of hydrogen-bond acceptors (Lipinski definition) is 5. The van der Waals surface area contributed by atoms with Crippen LogP contribution < -0.4 is 15.5 Å². The van der Waals surface area contributed by atoms with Gasteiger partial charge in [-0.25, -0.2) is 10.2 Å². The van der Waals surface area contributed by atoms with Gasteiger partial charge in [0.15, 0.2) is 0 Å². The number of hydrazone groups is 1. The molecule has 0 bridgehead atoms. The zero-order chi connectivity index (χ0) is 27.6. The van der Waals surface area contributed by atoms with Gasteiger partial charge in [0.1, 0.15) is 5.75 Å². The number of benzene rings is 4. The summed E-state index contributed by atoms with van der Waals surface area (Å²) in [5.41, 5.74) is 4.95. The lowest BCUT2D eigenvalue weighted by atomic mass is 10.1. The minimum atomic E-state index is -0.580. The minimum absolute atomic E-state index is 0.223. The summed E-state index contributed by atoms with van der Waals surface area (Å²) in [7, 11) is 0. The standard InChI is InChI=1S/C30H21Cl2N3O4/c31-24-11-7-21(8-12-24)29(37)34-26-14-9-22(10-15-26)30(38)35-33-19-23-18-25(32)13-16-27(23)39-28(36)17-6-20-4-2-1-3-5-20/h1-19H,(H,34,37)(H,35,38)/b17-6+,33-19+. The highest BCUT2D eigenvalue weighted by Gasteiger charge is 2.10. The van der Waals surface area contributed by atoms with Crippen molar-refractivity contribution in [1.29, 1.82) is 0 Å². The minimum Gasteiger partial charge on any atom is -0.423 e. The number of hydrogen-bond donors (Lipinski definition) is 2. The lowest BCUT2D eigenvalue weighted by Gasteiger charge is -2.07. The molecule has 0 aliphatic heterocycles. The van der Waals surface area contributed by atoms with Crippen molar-refractivity contribution in [2.24, 2.45) is 5.10 Å². The first-order valence-corrected chi connectivity index (χ1v) is 12.4. The Kier molecular flexibility index (Phi) is 9.24. The normalized spacial score (nSPS) is 10.9. The van der Waals surface area contributed by atoms with Crippen LogP contribution in [0.4, 0.5) is 5.69 Å². The number of nitrogens with zero attached hydrogens (tertiary/aromatic N) is 1. The molecule has 0 aliphatic carbocycles. The summed E-state index contributed by atoms with van der Waals surface area (Å²) in [6.45, 7) is 0. The van der Waals surface area contributed by atoms with Gasteiger partial charge in [0.2, 0.25) is 0 Å². The van der Waals surface area contributed by atoms with E-state index in [1.807, 2.05) is 30.3 Å². The Bertz CT molecular complexity index is 1540. The fourth-order valence-corrected chi connectivity index (χ4v) is 3.62. The second-order valence-corrected chi connectivity index (χ2v) is 8.96. The van der Waals surface area contributed by atoms with Gasteiger partial charge in [0, 0.05) is 38.5 Å². The van der Waals surface area contributed by atoms with Crippen molar-refractivity contribution in [3.8, 4) is 5.75 Å². The van der Waals surface area contributed by atoms with Gasteiger partial charge in [-0.3, -0.25) is 9.59 Å². The maximum Gasteiger partial charge on any atom is 0.336 e. The second-order valence-electron chi connectivity index (χ2n) is 8.08. The Balaban J connectivity index is 1.35. The van der Waals surface area contributed by atoms with Gasteiger partial charge in [-0.15, -0.1) is 0 Å². The van der Waals surface area contributed by atoms with E-state index < -0.39 is 11.9 Å². The number of carbonyl (C=O) groups excluding carboxylic acids is 3. The molecule has 4 rings (SSSR count). The maximum absolute atomic E-state index is 12.5. The third-order valence-electron chi connectivity index (χ3n) is 5.27. The molecule has 0 aliphatic rings. The van der Waals surface area contributed by atoms with Crippen molar-refractivity contribution in [2.45, 2.75) is 0 Å². The van der Waals surface area contributed by atoms with Gasteiger partial charge in [-0.05, 0) is 78.4 Å². The van der Waals surface area contributed by atoms with E-state index >= 15 is 0 Å². The third kappa shape index (κ3) is 8.13. The molecule has 4 aromatic carbocycles. The first-order chi connectivity index (χ1) is 18.9. The molecule has 0 saturated heterocycles. The van der Waals surface area contributed by atoms with E-state index in [-0.39, 0.29) is 11.7 Å². The molecule has 9 heteroatoms. The molecule has 2 amide bonds. The highest BCUT2D eigenvalue weighted by molar-refractivity contribution is 6.31. The molecule has 0 radical (unpaired) electrons. The van der Waals surface area contributed by atoms with E-state index in [1.165, 1.54) is 18.4 Å².